The highest BCUT2D eigenvalue weighted by atomic mass is 32.1. The molecule has 2 aliphatic rings. The molecular weight excluding hydrogens is 326 g/mol. The molecule has 4 heterocycles. The van der Waals surface area contributed by atoms with Crippen molar-refractivity contribution in [1.29, 1.82) is 0 Å². The Morgan fingerprint density at radius 1 is 1.46 bits per heavy atom. The van der Waals surface area contributed by atoms with Gasteiger partial charge in [0.25, 0.3) is 5.91 Å². The molecule has 126 valence electrons. The predicted molar refractivity (Wildman–Crippen MR) is 89.3 cm³/mol. The molecule has 0 radical (unpaired) electrons. The summed E-state index contributed by atoms with van der Waals surface area (Å²) in [5, 5.41) is 3.81. The summed E-state index contributed by atoms with van der Waals surface area (Å²) < 4.78 is 12.0. The van der Waals surface area contributed by atoms with Crippen LogP contribution in [0.3, 0.4) is 0 Å². The summed E-state index contributed by atoms with van der Waals surface area (Å²) in [6.45, 7) is 3.79. The summed E-state index contributed by atoms with van der Waals surface area (Å²) in [6.07, 6.45) is 5.00. The first-order chi connectivity index (χ1) is 11.6. The van der Waals surface area contributed by atoms with Crippen LogP contribution in [0.2, 0.25) is 0 Å². The molecule has 24 heavy (non-hydrogen) atoms. The number of thiophene rings is 1. The van der Waals surface area contributed by atoms with Crippen LogP contribution in [0.15, 0.2) is 29.2 Å². The van der Waals surface area contributed by atoms with E-state index < -0.39 is 0 Å². The Morgan fingerprint density at radius 3 is 3.08 bits per heavy atom. The zero-order valence-electron chi connectivity index (χ0n) is 13.5. The molecule has 0 aliphatic carbocycles. The van der Waals surface area contributed by atoms with E-state index in [1.54, 1.807) is 12.4 Å². The number of ether oxygens (including phenoxy) is 2. The first-order valence-electron chi connectivity index (χ1n) is 8.04. The average Bonchev–Trinajstić information content (AvgIpc) is 3.06. The van der Waals surface area contributed by atoms with Crippen LogP contribution in [-0.4, -0.2) is 52.2 Å². The van der Waals surface area contributed by atoms with Crippen molar-refractivity contribution in [3.63, 3.8) is 0 Å². The minimum Gasteiger partial charge on any atom is -0.473 e. The lowest BCUT2D eigenvalue weighted by Gasteiger charge is -2.52. The molecule has 2 saturated heterocycles. The van der Waals surface area contributed by atoms with Crippen molar-refractivity contribution in [2.45, 2.75) is 31.5 Å². The minimum absolute atomic E-state index is 0.0493. The Bertz CT molecular complexity index is 728. The second-order valence-electron chi connectivity index (χ2n) is 6.44. The van der Waals surface area contributed by atoms with Gasteiger partial charge < -0.3 is 14.4 Å². The zero-order chi connectivity index (χ0) is 16.6. The standard InChI is InChI=1S/C17H19N3O3S/c1-12-7-18-8-15(19-12)23-14-2-4-22-17(6-14)10-20(11-17)16(21)13-3-5-24-9-13/h3,5,7-9,14H,2,4,6,10-11H2,1H3. The number of likely N-dealkylation sites (tertiary alicyclic amines) is 1. The van der Waals surface area contributed by atoms with Gasteiger partial charge in [-0.15, -0.1) is 0 Å². The lowest BCUT2D eigenvalue weighted by atomic mass is 9.84. The quantitative estimate of drug-likeness (QED) is 0.854. The molecule has 0 N–H and O–H groups in total. The minimum atomic E-state index is -0.272. The molecule has 2 fully saturated rings. The van der Waals surface area contributed by atoms with Crippen molar-refractivity contribution in [2.24, 2.45) is 0 Å². The summed E-state index contributed by atoms with van der Waals surface area (Å²) in [7, 11) is 0. The molecule has 0 bridgehead atoms. The monoisotopic (exact) mass is 345 g/mol. The van der Waals surface area contributed by atoms with E-state index in [1.165, 1.54) is 11.3 Å². The van der Waals surface area contributed by atoms with Gasteiger partial charge in [-0.3, -0.25) is 9.78 Å². The molecule has 2 aromatic rings. The summed E-state index contributed by atoms with van der Waals surface area (Å²) in [6, 6.07) is 1.86. The van der Waals surface area contributed by atoms with Crippen molar-refractivity contribution in [3.8, 4) is 5.88 Å². The molecule has 6 nitrogen and oxygen atoms in total. The summed E-state index contributed by atoms with van der Waals surface area (Å²) in [5.74, 6) is 0.639. The molecule has 7 heteroatoms. The normalized spacial score (nSPS) is 22.2. The lowest BCUT2D eigenvalue weighted by Crippen LogP contribution is -2.67. The van der Waals surface area contributed by atoms with Gasteiger partial charge in [-0.05, 0) is 18.4 Å². The van der Waals surface area contributed by atoms with E-state index in [0.717, 1.165) is 24.1 Å². The predicted octanol–water partition coefficient (Wildman–Crippen LogP) is 2.30. The molecule has 1 spiro atoms. The highest BCUT2D eigenvalue weighted by Crippen LogP contribution is 2.36. The number of carbonyl (C=O) groups excluding carboxylic acids is 1. The summed E-state index contributed by atoms with van der Waals surface area (Å²) >= 11 is 1.54. The van der Waals surface area contributed by atoms with Gasteiger partial charge in [-0.1, -0.05) is 0 Å². The number of nitrogens with zero attached hydrogens (tertiary/aromatic N) is 3. The Labute approximate surface area is 144 Å². The fourth-order valence-corrected chi connectivity index (χ4v) is 3.96. The third-order valence-corrected chi connectivity index (χ3v) is 5.16. The molecule has 1 unspecified atom stereocenters. The molecule has 0 aromatic carbocycles. The lowest BCUT2D eigenvalue weighted by molar-refractivity contribution is -0.174. The molecule has 2 aromatic heterocycles. The topological polar surface area (TPSA) is 64.6 Å². The van der Waals surface area contributed by atoms with Crippen LogP contribution in [0.25, 0.3) is 0 Å². The van der Waals surface area contributed by atoms with Crippen LogP contribution in [0.1, 0.15) is 28.9 Å². The molecule has 4 rings (SSSR count). The number of rotatable bonds is 3. The summed E-state index contributed by atoms with van der Waals surface area (Å²) in [4.78, 5) is 22.7. The van der Waals surface area contributed by atoms with Crippen LogP contribution in [-0.2, 0) is 4.74 Å². The van der Waals surface area contributed by atoms with Gasteiger partial charge in [-0.2, -0.15) is 11.3 Å². The first kappa shape index (κ1) is 15.5. The molecule has 0 saturated carbocycles. The van der Waals surface area contributed by atoms with Crippen LogP contribution < -0.4 is 4.74 Å². The van der Waals surface area contributed by atoms with Crippen molar-refractivity contribution in [2.75, 3.05) is 19.7 Å². The van der Waals surface area contributed by atoms with Gasteiger partial charge in [0.05, 0.1) is 37.2 Å². The van der Waals surface area contributed by atoms with Crippen molar-refractivity contribution >= 4 is 17.2 Å². The smallest absolute Gasteiger partial charge is 0.254 e. The van der Waals surface area contributed by atoms with E-state index in [1.807, 2.05) is 28.7 Å². The maximum Gasteiger partial charge on any atom is 0.254 e. The van der Waals surface area contributed by atoms with E-state index in [-0.39, 0.29) is 17.6 Å². The van der Waals surface area contributed by atoms with E-state index in [9.17, 15) is 4.79 Å². The van der Waals surface area contributed by atoms with E-state index in [2.05, 4.69) is 9.97 Å². The van der Waals surface area contributed by atoms with Gasteiger partial charge in [-0.25, -0.2) is 4.98 Å². The highest BCUT2D eigenvalue weighted by molar-refractivity contribution is 7.08. The third kappa shape index (κ3) is 3.01. The SMILES string of the molecule is Cc1cncc(OC2CCOC3(C2)CN(C(=O)c2ccsc2)C3)n1. The second kappa shape index (κ2) is 6.14. The van der Waals surface area contributed by atoms with Crippen LogP contribution >= 0.6 is 11.3 Å². The number of carbonyl (C=O) groups is 1. The number of hydrogen-bond acceptors (Lipinski definition) is 6. The first-order valence-corrected chi connectivity index (χ1v) is 8.99. The fourth-order valence-electron chi connectivity index (χ4n) is 3.33. The van der Waals surface area contributed by atoms with Crippen LogP contribution in [0.5, 0.6) is 5.88 Å². The van der Waals surface area contributed by atoms with E-state index in [0.29, 0.717) is 25.6 Å². The third-order valence-electron chi connectivity index (χ3n) is 4.48. The van der Waals surface area contributed by atoms with Crippen LogP contribution in [0, 0.1) is 6.92 Å². The van der Waals surface area contributed by atoms with Crippen molar-refractivity contribution < 1.29 is 14.3 Å². The van der Waals surface area contributed by atoms with Gasteiger partial charge in [0.15, 0.2) is 0 Å². The Kier molecular flexibility index (Phi) is 3.97. The Hall–Kier alpha value is -1.99. The van der Waals surface area contributed by atoms with Crippen LogP contribution in [0.4, 0.5) is 0 Å². The van der Waals surface area contributed by atoms with Gasteiger partial charge in [0.1, 0.15) is 11.7 Å². The average molecular weight is 345 g/mol. The maximum atomic E-state index is 12.4. The number of aryl methyl sites for hydroxylation is 1. The second-order valence-corrected chi connectivity index (χ2v) is 7.22. The van der Waals surface area contributed by atoms with E-state index >= 15 is 0 Å². The number of aromatic nitrogens is 2. The zero-order valence-corrected chi connectivity index (χ0v) is 14.3. The van der Waals surface area contributed by atoms with Gasteiger partial charge >= 0.3 is 0 Å². The Morgan fingerprint density at radius 2 is 2.33 bits per heavy atom. The molecule has 1 amide bonds. The molecule has 2 aliphatic heterocycles. The molecular formula is C17H19N3O3S. The highest BCUT2D eigenvalue weighted by Gasteiger charge is 2.50. The largest absolute Gasteiger partial charge is 0.473 e. The van der Waals surface area contributed by atoms with Gasteiger partial charge in [0.2, 0.25) is 5.88 Å². The van der Waals surface area contributed by atoms with E-state index in [4.69, 9.17) is 9.47 Å². The maximum absolute atomic E-state index is 12.4. The van der Waals surface area contributed by atoms with Crippen molar-refractivity contribution in [3.05, 3.63) is 40.5 Å². The van der Waals surface area contributed by atoms with Gasteiger partial charge in [0, 0.05) is 24.4 Å². The fraction of sp³-hybridized carbons (Fsp3) is 0.471. The molecule has 1 atom stereocenters. The number of amides is 1. The number of hydrogen-bond donors (Lipinski definition) is 0. The van der Waals surface area contributed by atoms with Crippen molar-refractivity contribution in [1.82, 2.24) is 14.9 Å². The summed E-state index contributed by atoms with van der Waals surface area (Å²) in [5.41, 5.74) is 1.32. The Balaban J connectivity index is 1.37.